The Hall–Kier alpha value is -2.22. The van der Waals surface area contributed by atoms with Crippen LogP contribution in [0, 0.1) is 0 Å². The van der Waals surface area contributed by atoms with E-state index < -0.39 is 24.3 Å². The number of nitrogens with zero attached hydrogens (tertiary/aromatic N) is 3. The Kier molecular flexibility index (Phi) is 4.88. The van der Waals surface area contributed by atoms with E-state index in [-0.39, 0.29) is 30.0 Å². The Labute approximate surface area is 151 Å². The summed E-state index contributed by atoms with van der Waals surface area (Å²) in [5, 5.41) is -0.306. The summed E-state index contributed by atoms with van der Waals surface area (Å²) in [6.45, 7) is 0.992. The van der Waals surface area contributed by atoms with E-state index >= 15 is 0 Å². The van der Waals surface area contributed by atoms with Crippen LogP contribution in [0.25, 0.3) is 0 Å². The third-order valence-corrected chi connectivity index (χ3v) is 4.58. The molecule has 1 aromatic carbocycles. The highest BCUT2D eigenvalue weighted by molar-refractivity contribution is 6.28. The van der Waals surface area contributed by atoms with Crippen LogP contribution in [0.4, 0.5) is 17.6 Å². The molecule has 2 aromatic rings. The van der Waals surface area contributed by atoms with Crippen molar-refractivity contribution in [1.29, 1.82) is 0 Å². The van der Waals surface area contributed by atoms with Gasteiger partial charge in [-0.2, -0.15) is 13.2 Å². The highest BCUT2D eigenvalue weighted by Crippen LogP contribution is 2.37. The molecule has 0 N–H and O–H groups in total. The van der Waals surface area contributed by atoms with Crippen LogP contribution in [0.3, 0.4) is 0 Å². The average molecular weight is 388 g/mol. The molecule has 2 heterocycles. The zero-order valence-corrected chi connectivity index (χ0v) is 14.4. The molecule has 1 atom stereocenters. The van der Waals surface area contributed by atoms with Crippen molar-refractivity contribution in [3.63, 3.8) is 0 Å². The van der Waals surface area contributed by atoms with Crippen molar-refractivity contribution in [3.8, 4) is 0 Å². The molecule has 3 rings (SSSR count). The number of alkyl halides is 4. The molecule has 0 saturated heterocycles. The first-order chi connectivity index (χ1) is 12.2. The summed E-state index contributed by atoms with van der Waals surface area (Å²) in [5.74, 6) is -0.394. The molecule has 1 amide bonds. The van der Waals surface area contributed by atoms with Crippen LogP contribution in [0.5, 0.6) is 0 Å². The maximum absolute atomic E-state index is 13.2. The highest BCUT2D eigenvalue weighted by atomic mass is 35.5. The van der Waals surface area contributed by atoms with Gasteiger partial charge in [-0.25, -0.2) is 14.4 Å². The molecule has 0 fully saturated rings. The predicted octanol–water partition coefficient (Wildman–Crippen LogP) is 4.23. The normalized spacial score (nSPS) is 16.9. The summed E-state index contributed by atoms with van der Waals surface area (Å²) in [6.07, 6.45) is -4.24. The largest absolute Gasteiger partial charge is 0.419 e. The molecule has 0 spiro atoms. The fourth-order valence-electron chi connectivity index (χ4n) is 3.19. The molecule has 0 radical (unpaired) electrons. The second-order valence-corrected chi connectivity index (χ2v) is 6.26. The lowest BCUT2D eigenvalue weighted by molar-refractivity contribution is -0.138. The summed E-state index contributed by atoms with van der Waals surface area (Å²) in [4.78, 5) is 21.1. The number of benzene rings is 1. The molecular weight excluding hydrogens is 374 g/mol. The summed E-state index contributed by atoms with van der Waals surface area (Å²) < 4.78 is 52.4. The minimum atomic E-state index is -4.64. The molecule has 0 aliphatic carbocycles. The van der Waals surface area contributed by atoms with Crippen molar-refractivity contribution in [1.82, 2.24) is 14.9 Å². The first kappa shape index (κ1) is 18.6. The highest BCUT2D eigenvalue weighted by Gasteiger charge is 2.38. The zero-order valence-electron chi connectivity index (χ0n) is 13.6. The number of carbonyl (C=O) groups is 1. The second kappa shape index (κ2) is 6.83. The number of halogens is 5. The van der Waals surface area contributed by atoms with Gasteiger partial charge in [0.1, 0.15) is 6.67 Å². The van der Waals surface area contributed by atoms with Gasteiger partial charge >= 0.3 is 6.18 Å². The molecule has 0 saturated carbocycles. The van der Waals surface area contributed by atoms with Crippen LogP contribution in [-0.2, 0) is 12.6 Å². The van der Waals surface area contributed by atoms with Gasteiger partial charge in [0.2, 0.25) is 5.28 Å². The van der Waals surface area contributed by atoms with E-state index in [9.17, 15) is 22.4 Å². The molecule has 9 heteroatoms. The zero-order chi connectivity index (χ0) is 19.1. The van der Waals surface area contributed by atoms with Gasteiger partial charge < -0.3 is 4.90 Å². The maximum atomic E-state index is 13.2. The van der Waals surface area contributed by atoms with E-state index in [1.54, 1.807) is 25.1 Å². The third kappa shape index (κ3) is 3.25. The SMILES string of the molecule is CC1c2cccc(Cc3nc(Cl)ncc3C(F)(F)F)c2C(=O)N1CCF. The van der Waals surface area contributed by atoms with Crippen molar-refractivity contribution in [2.75, 3.05) is 13.2 Å². The lowest BCUT2D eigenvalue weighted by Crippen LogP contribution is -2.29. The fourth-order valence-corrected chi connectivity index (χ4v) is 3.35. The van der Waals surface area contributed by atoms with Gasteiger partial charge in [0.05, 0.1) is 17.3 Å². The third-order valence-electron chi connectivity index (χ3n) is 4.40. The summed E-state index contributed by atoms with van der Waals surface area (Å²) in [5.41, 5.74) is 0.0425. The van der Waals surface area contributed by atoms with E-state index in [1.807, 2.05) is 0 Å². The molecular formula is C17H14ClF4N3O. The van der Waals surface area contributed by atoms with Crippen LogP contribution in [0.1, 0.15) is 45.7 Å². The topological polar surface area (TPSA) is 46.1 Å². The Morgan fingerprint density at radius 3 is 2.69 bits per heavy atom. The van der Waals surface area contributed by atoms with Crippen molar-refractivity contribution in [2.45, 2.75) is 25.6 Å². The average Bonchev–Trinajstić information content (AvgIpc) is 2.80. The number of fused-ring (bicyclic) bond motifs is 1. The minimum Gasteiger partial charge on any atom is -0.329 e. The van der Waals surface area contributed by atoms with Crippen LogP contribution in [0.15, 0.2) is 24.4 Å². The van der Waals surface area contributed by atoms with Gasteiger partial charge in [-0.1, -0.05) is 18.2 Å². The first-order valence-corrected chi connectivity index (χ1v) is 8.19. The molecule has 4 nitrogen and oxygen atoms in total. The smallest absolute Gasteiger partial charge is 0.329 e. The van der Waals surface area contributed by atoms with E-state index in [1.165, 1.54) is 4.90 Å². The fraction of sp³-hybridized carbons (Fsp3) is 0.353. The summed E-state index contributed by atoms with van der Waals surface area (Å²) in [6, 6.07) is 4.60. The molecule has 26 heavy (non-hydrogen) atoms. The Morgan fingerprint density at radius 1 is 1.31 bits per heavy atom. The predicted molar refractivity (Wildman–Crippen MR) is 86.7 cm³/mol. The van der Waals surface area contributed by atoms with E-state index in [0.717, 1.165) is 0 Å². The molecule has 138 valence electrons. The van der Waals surface area contributed by atoms with Crippen LogP contribution < -0.4 is 0 Å². The van der Waals surface area contributed by atoms with Gasteiger partial charge in [0.25, 0.3) is 5.91 Å². The summed E-state index contributed by atoms with van der Waals surface area (Å²) in [7, 11) is 0. The lowest BCUT2D eigenvalue weighted by Gasteiger charge is -2.20. The van der Waals surface area contributed by atoms with Gasteiger partial charge in [0.15, 0.2) is 0 Å². The Balaban J connectivity index is 2.05. The molecule has 1 aliphatic rings. The van der Waals surface area contributed by atoms with E-state index in [0.29, 0.717) is 22.9 Å². The van der Waals surface area contributed by atoms with Gasteiger partial charge in [-0.05, 0) is 29.7 Å². The molecule has 1 aliphatic heterocycles. The van der Waals surface area contributed by atoms with Crippen molar-refractivity contribution < 1.29 is 22.4 Å². The van der Waals surface area contributed by atoms with Crippen molar-refractivity contribution >= 4 is 17.5 Å². The van der Waals surface area contributed by atoms with Crippen molar-refractivity contribution in [2.24, 2.45) is 0 Å². The number of carbonyl (C=O) groups excluding carboxylic acids is 1. The van der Waals surface area contributed by atoms with Gasteiger partial charge in [-0.3, -0.25) is 4.79 Å². The quantitative estimate of drug-likeness (QED) is 0.582. The molecule has 1 unspecified atom stereocenters. The van der Waals surface area contributed by atoms with Crippen LogP contribution in [-0.4, -0.2) is 34.0 Å². The number of rotatable bonds is 4. The minimum absolute atomic E-state index is 0.0682. The number of aromatic nitrogens is 2. The van der Waals surface area contributed by atoms with Gasteiger partial charge in [-0.15, -0.1) is 0 Å². The van der Waals surface area contributed by atoms with Crippen LogP contribution >= 0.6 is 11.6 Å². The Bertz CT molecular complexity index is 856. The maximum Gasteiger partial charge on any atom is 0.419 e. The number of hydrogen-bond acceptors (Lipinski definition) is 3. The second-order valence-electron chi connectivity index (χ2n) is 5.92. The van der Waals surface area contributed by atoms with Gasteiger partial charge in [0, 0.05) is 24.7 Å². The lowest BCUT2D eigenvalue weighted by atomic mass is 9.96. The summed E-state index contributed by atoms with van der Waals surface area (Å²) >= 11 is 5.66. The van der Waals surface area contributed by atoms with Crippen molar-refractivity contribution in [3.05, 3.63) is 57.6 Å². The standard InChI is InChI=1S/C17H14ClF4N3O/c1-9-11-4-2-3-10(14(11)15(26)25(9)6-5-19)7-13-12(17(20,21)22)8-23-16(18)24-13/h2-4,8-9H,5-7H2,1H3. The number of hydrogen-bond donors (Lipinski definition) is 0. The first-order valence-electron chi connectivity index (χ1n) is 7.81. The van der Waals surface area contributed by atoms with E-state index in [2.05, 4.69) is 9.97 Å². The van der Waals surface area contributed by atoms with Crippen LogP contribution in [0.2, 0.25) is 5.28 Å². The molecule has 0 bridgehead atoms. The number of amides is 1. The molecule has 1 aromatic heterocycles. The monoisotopic (exact) mass is 387 g/mol. The van der Waals surface area contributed by atoms with E-state index in [4.69, 9.17) is 11.6 Å². The Morgan fingerprint density at radius 2 is 2.04 bits per heavy atom.